The van der Waals surface area contributed by atoms with Crippen LogP contribution in [-0.4, -0.2) is 41.9 Å². The smallest absolute Gasteiger partial charge is 0.117 e. The molecular formula is C10H18FNO. The molecule has 2 rings (SSSR count). The van der Waals surface area contributed by atoms with Gasteiger partial charge in [-0.25, -0.2) is 4.39 Å². The minimum Gasteiger partial charge on any atom is -0.389 e. The number of rotatable bonds is 4. The predicted octanol–water partition coefficient (Wildman–Crippen LogP) is 1.19. The Morgan fingerprint density at radius 3 is 2.77 bits per heavy atom. The van der Waals surface area contributed by atoms with Crippen LogP contribution in [0.3, 0.4) is 0 Å². The van der Waals surface area contributed by atoms with Crippen molar-refractivity contribution in [3.63, 3.8) is 0 Å². The molecule has 2 aliphatic rings. The molecule has 0 radical (unpaired) electrons. The van der Waals surface area contributed by atoms with Crippen molar-refractivity contribution in [3.05, 3.63) is 0 Å². The summed E-state index contributed by atoms with van der Waals surface area (Å²) in [5.41, 5.74) is 0. The van der Waals surface area contributed by atoms with Gasteiger partial charge in [0.15, 0.2) is 0 Å². The highest BCUT2D eigenvalue weighted by molar-refractivity contribution is 4.92. The monoisotopic (exact) mass is 187 g/mol. The van der Waals surface area contributed by atoms with Gasteiger partial charge in [-0.1, -0.05) is 0 Å². The van der Waals surface area contributed by atoms with Gasteiger partial charge in [0.2, 0.25) is 0 Å². The summed E-state index contributed by atoms with van der Waals surface area (Å²) < 4.78 is 12.1. The van der Waals surface area contributed by atoms with Crippen molar-refractivity contribution in [1.29, 1.82) is 0 Å². The maximum Gasteiger partial charge on any atom is 0.117 e. The molecule has 2 nitrogen and oxygen atoms in total. The molecule has 1 aliphatic heterocycles. The summed E-state index contributed by atoms with van der Waals surface area (Å²) in [6.45, 7) is 0.990. The Morgan fingerprint density at radius 2 is 2.15 bits per heavy atom. The Labute approximate surface area is 78.7 Å². The summed E-state index contributed by atoms with van der Waals surface area (Å²) in [5.74, 6) is 0.856. The molecular weight excluding hydrogens is 169 g/mol. The van der Waals surface area contributed by atoms with Gasteiger partial charge in [0.05, 0.1) is 6.10 Å². The third-order valence-electron chi connectivity index (χ3n) is 3.20. The number of likely N-dealkylation sites (tertiary alicyclic amines) is 1. The number of halogens is 1. The summed E-state index contributed by atoms with van der Waals surface area (Å²) >= 11 is 0. The summed E-state index contributed by atoms with van der Waals surface area (Å²) in [5, 5.41) is 9.22. The number of alkyl halides is 1. The molecule has 1 saturated carbocycles. The molecule has 0 amide bonds. The van der Waals surface area contributed by atoms with Crippen LogP contribution in [0, 0.1) is 5.92 Å². The first kappa shape index (κ1) is 9.41. The average Bonchev–Trinajstić information content (AvgIpc) is 2.88. The first-order valence-electron chi connectivity index (χ1n) is 5.29. The Balaban J connectivity index is 1.82. The second kappa shape index (κ2) is 3.93. The van der Waals surface area contributed by atoms with E-state index in [-0.39, 0.29) is 0 Å². The summed E-state index contributed by atoms with van der Waals surface area (Å²) in [7, 11) is 0. The topological polar surface area (TPSA) is 23.5 Å². The maximum atomic E-state index is 12.1. The molecule has 13 heavy (non-hydrogen) atoms. The third-order valence-corrected chi connectivity index (χ3v) is 3.20. The van der Waals surface area contributed by atoms with E-state index in [9.17, 15) is 9.50 Å². The van der Waals surface area contributed by atoms with Gasteiger partial charge in [0.25, 0.3) is 0 Å². The molecule has 1 saturated heterocycles. The van der Waals surface area contributed by atoms with Gasteiger partial charge in [-0.15, -0.1) is 0 Å². The lowest BCUT2D eigenvalue weighted by Crippen LogP contribution is -2.38. The molecule has 0 aromatic carbocycles. The molecule has 2 atom stereocenters. The minimum atomic E-state index is -0.764. The van der Waals surface area contributed by atoms with E-state index >= 15 is 0 Å². The molecule has 0 aromatic rings. The first-order valence-corrected chi connectivity index (χ1v) is 5.29. The zero-order chi connectivity index (χ0) is 9.26. The average molecular weight is 187 g/mol. The van der Waals surface area contributed by atoms with Crippen molar-refractivity contribution < 1.29 is 9.50 Å². The fourth-order valence-electron chi connectivity index (χ4n) is 2.41. The van der Waals surface area contributed by atoms with Gasteiger partial charge < -0.3 is 5.11 Å². The molecule has 3 heteroatoms. The SMILES string of the molecule is OC(CF)CN1CCCC1C1CC1. The van der Waals surface area contributed by atoms with E-state index in [1.807, 2.05) is 0 Å². The highest BCUT2D eigenvalue weighted by Gasteiger charge is 2.38. The largest absolute Gasteiger partial charge is 0.389 e. The Bertz CT molecular complexity index is 172. The number of hydrogen-bond donors (Lipinski definition) is 1. The fraction of sp³-hybridized carbons (Fsp3) is 1.00. The zero-order valence-corrected chi connectivity index (χ0v) is 7.95. The lowest BCUT2D eigenvalue weighted by molar-refractivity contribution is 0.0802. The van der Waals surface area contributed by atoms with Crippen LogP contribution in [0.25, 0.3) is 0 Å². The van der Waals surface area contributed by atoms with Gasteiger partial charge in [0.1, 0.15) is 6.67 Å². The van der Waals surface area contributed by atoms with Crippen molar-refractivity contribution in [2.75, 3.05) is 19.8 Å². The molecule has 1 aliphatic carbocycles. The standard InChI is InChI=1S/C10H18FNO/c11-6-9(13)7-12-5-1-2-10(12)8-3-4-8/h8-10,13H,1-7H2. The van der Waals surface area contributed by atoms with E-state index in [1.54, 1.807) is 0 Å². The van der Waals surface area contributed by atoms with Gasteiger partial charge >= 0.3 is 0 Å². The summed E-state index contributed by atoms with van der Waals surface area (Å²) in [6.07, 6.45) is 4.39. The van der Waals surface area contributed by atoms with Crippen molar-refractivity contribution in [1.82, 2.24) is 4.90 Å². The van der Waals surface area contributed by atoms with E-state index in [2.05, 4.69) is 4.90 Å². The van der Waals surface area contributed by atoms with Gasteiger partial charge in [-0.3, -0.25) is 4.90 Å². The van der Waals surface area contributed by atoms with Crippen LogP contribution in [0.5, 0.6) is 0 Å². The van der Waals surface area contributed by atoms with Crippen molar-refractivity contribution in [3.8, 4) is 0 Å². The molecule has 0 bridgehead atoms. The van der Waals surface area contributed by atoms with Crippen molar-refractivity contribution in [2.45, 2.75) is 37.8 Å². The Kier molecular flexibility index (Phi) is 2.84. The van der Waals surface area contributed by atoms with E-state index < -0.39 is 12.8 Å². The second-order valence-electron chi connectivity index (χ2n) is 4.35. The van der Waals surface area contributed by atoms with Crippen LogP contribution in [0.2, 0.25) is 0 Å². The molecule has 1 heterocycles. The molecule has 2 fully saturated rings. The predicted molar refractivity (Wildman–Crippen MR) is 49.3 cm³/mol. The Morgan fingerprint density at radius 1 is 1.38 bits per heavy atom. The van der Waals surface area contributed by atoms with E-state index in [0.717, 1.165) is 12.5 Å². The molecule has 76 valence electrons. The van der Waals surface area contributed by atoms with Crippen LogP contribution in [0.15, 0.2) is 0 Å². The molecule has 0 aromatic heterocycles. The summed E-state index contributed by atoms with van der Waals surface area (Å²) in [6, 6.07) is 0.654. The van der Waals surface area contributed by atoms with Crippen LogP contribution in [-0.2, 0) is 0 Å². The fourth-order valence-corrected chi connectivity index (χ4v) is 2.41. The van der Waals surface area contributed by atoms with Crippen molar-refractivity contribution in [2.24, 2.45) is 5.92 Å². The highest BCUT2D eigenvalue weighted by Crippen LogP contribution is 2.39. The first-order chi connectivity index (χ1) is 6.31. The van der Waals surface area contributed by atoms with Crippen LogP contribution in [0.4, 0.5) is 4.39 Å². The lowest BCUT2D eigenvalue weighted by Gasteiger charge is -2.25. The quantitative estimate of drug-likeness (QED) is 0.714. The lowest BCUT2D eigenvalue weighted by atomic mass is 10.1. The van der Waals surface area contributed by atoms with Crippen LogP contribution >= 0.6 is 0 Å². The van der Waals surface area contributed by atoms with E-state index in [4.69, 9.17) is 0 Å². The van der Waals surface area contributed by atoms with E-state index in [0.29, 0.717) is 12.6 Å². The Hall–Kier alpha value is -0.150. The molecule has 0 spiro atoms. The normalized spacial score (nSPS) is 32.3. The second-order valence-corrected chi connectivity index (χ2v) is 4.35. The summed E-state index contributed by atoms with van der Waals surface area (Å²) in [4.78, 5) is 2.28. The van der Waals surface area contributed by atoms with Crippen LogP contribution in [0.1, 0.15) is 25.7 Å². The van der Waals surface area contributed by atoms with Crippen LogP contribution < -0.4 is 0 Å². The number of aliphatic hydroxyl groups is 1. The minimum absolute atomic E-state index is 0.539. The number of β-amino-alcohol motifs (C(OH)–C–C–N with tert-alkyl or cyclic N) is 1. The number of hydrogen-bond acceptors (Lipinski definition) is 2. The van der Waals surface area contributed by atoms with Gasteiger partial charge in [-0.2, -0.15) is 0 Å². The highest BCUT2D eigenvalue weighted by atomic mass is 19.1. The van der Waals surface area contributed by atoms with Gasteiger partial charge in [0, 0.05) is 12.6 Å². The van der Waals surface area contributed by atoms with Crippen molar-refractivity contribution >= 4 is 0 Å². The van der Waals surface area contributed by atoms with Gasteiger partial charge in [-0.05, 0) is 38.1 Å². The maximum absolute atomic E-state index is 12.1. The third kappa shape index (κ3) is 2.20. The molecule has 2 unspecified atom stereocenters. The molecule has 1 N–H and O–H groups in total. The number of aliphatic hydroxyl groups excluding tert-OH is 1. The number of nitrogens with zero attached hydrogens (tertiary/aromatic N) is 1. The van der Waals surface area contributed by atoms with E-state index in [1.165, 1.54) is 25.7 Å². The zero-order valence-electron chi connectivity index (χ0n) is 7.95.